The van der Waals surface area contributed by atoms with Crippen LogP contribution in [0.2, 0.25) is 0 Å². The van der Waals surface area contributed by atoms with Crippen LogP contribution in [0.25, 0.3) is 0 Å². The van der Waals surface area contributed by atoms with Crippen molar-refractivity contribution in [2.45, 2.75) is 38.8 Å². The Balaban J connectivity index is 1.80. The summed E-state index contributed by atoms with van der Waals surface area (Å²) in [5.74, 6) is -1.24. The minimum absolute atomic E-state index is 0.0535. The van der Waals surface area contributed by atoms with Gasteiger partial charge in [-0.15, -0.1) is 0 Å². The molecule has 0 bridgehead atoms. The molecule has 0 saturated heterocycles. The van der Waals surface area contributed by atoms with E-state index in [-0.39, 0.29) is 13.0 Å². The van der Waals surface area contributed by atoms with Crippen LogP contribution in [0, 0.1) is 5.82 Å². The quantitative estimate of drug-likeness (QED) is 0.782. The van der Waals surface area contributed by atoms with E-state index in [1.54, 1.807) is 57.2 Å². The third-order valence-electron chi connectivity index (χ3n) is 4.37. The summed E-state index contributed by atoms with van der Waals surface area (Å²) in [5, 5.41) is 2.71. The standard InChI is InChI=1S/C22H23FN2O4/c1-22(2,3)29-21(28)24-16(12-14-7-6-8-15(23)11-14)13-25-19(26)17-9-4-5-10-18(17)20(25)27/h4-11,16H,12-13H2,1-3H3,(H,24,28)/t16-/m0/s1. The highest BCUT2D eigenvalue weighted by Gasteiger charge is 2.37. The van der Waals surface area contributed by atoms with Crippen molar-refractivity contribution in [2.24, 2.45) is 0 Å². The van der Waals surface area contributed by atoms with Gasteiger partial charge in [-0.1, -0.05) is 24.3 Å². The molecule has 0 radical (unpaired) electrons. The van der Waals surface area contributed by atoms with E-state index in [9.17, 15) is 18.8 Å². The minimum atomic E-state index is -0.705. The van der Waals surface area contributed by atoms with Crippen LogP contribution in [0.3, 0.4) is 0 Å². The van der Waals surface area contributed by atoms with Crippen molar-refractivity contribution in [3.05, 3.63) is 71.0 Å². The van der Waals surface area contributed by atoms with Gasteiger partial charge < -0.3 is 10.1 Å². The number of alkyl carbamates (subject to hydrolysis) is 1. The highest BCUT2D eigenvalue weighted by atomic mass is 19.1. The van der Waals surface area contributed by atoms with Crippen molar-refractivity contribution >= 4 is 17.9 Å². The number of halogens is 1. The van der Waals surface area contributed by atoms with Gasteiger partial charge in [-0.3, -0.25) is 14.5 Å². The second-order valence-corrected chi connectivity index (χ2v) is 7.94. The van der Waals surface area contributed by atoms with Crippen LogP contribution in [-0.4, -0.2) is 41.0 Å². The van der Waals surface area contributed by atoms with E-state index in [4.69, 9.17) is 4.74 Å². The molecule has 29 heavy (non-hydrogen) atoms. The molecule has 0 spiro atoms. The van der Waals surface area contributed by atoms with E-state index >= 15 is 0 Å². The second-order valence-electron chi connectivity index (χ2n) is 7.94. The first-order valence-corrected chi connectivity index (χ1v) is 9.33. The second kappa shape index (κ2) is 8.03. The molecule has 1 N–H and O–H groups in total. The van der Waals surface area contributed by atoms with Gasteiger partial charge in [0.15, 0.2) is 0 Å². The largest absolute Gasteiger partial charge is 0.444 e. The predicted molar refractivity (Wildman–Crippen MR) is 105 cm³/mol. The van der Waals surface area contributed by atoms with Crippen LogP contribution in [0.15, 0.2) is 48.5 Å². The fourth-order valence-electron chi connectivity index (χ4n) is 3.21. The van der Waals surface area contributed by atoms with Gasteiger partial charge in [-0.25, -0.2) is 9.18 Å². The lowest BCUT2D eigenvalue weighted by Gasteiger charge is -2.26. The summed E-state index contributed by atoms with van der Waals surface area (Å²) in [4.78, 5) is 38.7. The lowest BCUT2D eigenvalue weighted by Crippen LogP contribution is -2.48. The number of benzene rings is 2. The van der Waals surface area contributed by atoms with Crippen molar-refractivity contribution in [2.75, 3.05) is 6.54 Å². The summed E-state index contributed by atoms with van der Waals surface area (Å²) < 4.78 is 18.9. The van der Waals surface area contributed by atoms with Crippen molar-refractivity contribution in [3.8, 4) is 0 Å². The molecule has 3 amide bonds. The summed E-state index contributed by atoms with van der Waals surface area (Å²) in [7, 11) is 0. The topological polar surface area (TPSA) is 75.7 Å². The van der Waals surface area contributed by atoms with Gasteiger partial charge in [0, 0.05) is 0 Å². The summed E-state index contributed by atoms with van der Waals surface area (Å²) in [5.41, 5.74) is 0.587. The maximum atomic E-state index is 13.6. The Kier molecular flexibility index (Phi) is 5.68. The molecule has 1 aliphatic rings. The molecule has 3 rings (SSSR count). The highest BCUT2D eigenvalue weighted by Crippen LogP contribution is 2.23. The Bertz CT molecular complexity index is 917. The number of rotatable bonds is 5. The molecule has 0 aromatic heterocycles. The molecule has 0 unspecified atom stereocenters. The molecule has 0 aliphatic carbocycles. The van der Waals surface area contributed by atoms with Crippen molar-refractivity contribution in [1.82, 2.24) is 10.2 Å². The van der Waals surface area contributed by atoms with E-state index in [0.717, 1.165) is 4.90 Å². The van der Waals surface area contributed by atoms with E-state index in [1.807, 2.05) is 0 Å². The first-order valence-electron chi connectivity index (χ1n) is 9.33. The predicted octanol–water partition coefficient (Wildman–Crippen LogP) is 3.56. The Morgan fingerprint density at radius 3 is 2.24 bits per heavy atom. The Morgan fingerprint density at radius 2 is 1.69 bits per heavy atom. The normalized spacial score (nSPS) is 14.6. The van der Waals surface area contributed by atoms with E-state index in [0.29, 0.717) is 16.7 Å². The molecule has 152 valence electrons. The number of nitrogens with one attached hydrogen (secondary N) is 1. The lowest BCUT2D eigenvalue weighted by atomic mass is 10.1. The van der Waals surface area contributed by atoms with Gasteiger partial charge in [0.2, 0.25) is 0 Å². The van der Waals surface area contributed by atoms with Gasteiger partial charge in [-0.2, -0.15) is 0 Å². The molecule has 1 aliphatic heterocycles. The van der Waals surface area contributed by atoms with E-state index in [2.05, 4.69) is 5.32 Å². The zero-order valence-corrected chi connectivity index (χ0v) is 16.6. The van der Waals surface area contributed by atoms with Gasteiger partial charge in [0.05, 0.1) is 23.7 Å². The smallest absolute Gasteiger partial charge is 0.407 e. The minimum Gasteiger partial charge on any atom is -0.444 e. The average molecular weight is 398 g/mol. The van der Waals surface area contributed by atoms with Crippen LogP contribution < -0.4 is 5.32 Å². The van der Waals surface area contributed by atoms with Gasteiger partial charge in [-0.05, 0) is 57.0 Å². The van der Waals surface area contributed by atoms with Gasteiger partial charge >= 0.3 is 6.09 Å². The zero-order valence-electron chi connectivity index (χ0n) is 16.6. The van der Waals surface area contributed by atoms with E-state index in [1.165, 1.54) is 12.1 Å². The van der Waals surface area contributed by atoms with Crippen LogP contribution in [0.5, 0.6) is 0 Å². The molecule has 0 saturated carbocycles. The Labute approximate surface area is 168 Å². The number of nitrogens with zero attached hydrogens (tertiary/aromatic N) is 1. The maximum Gasteiger partial charge on any atom is 0.407 e. The van der Waals surface area contributed by atoms with Crippen molar-refractivity contribution in [3.63, 3.8) is 0 Å². The van der Waals surface area contributed by atoms with Gasteiger partial charge in [0.1, 0.15) is 11.4 Å². The molecule has 6 nitrogen and oxygen atoms in total. The first-order chi connectivity index (χ1) is 13.6. The fraction of sp³-hybridized carbons (Fsp3) is 0.318. The molecule has 1 heterocycles. The lowest BCUT2D eigenvalue weighted by molar-refractivity contribution is 0.0468. The van der Waals surface area contributed by atoms with Crippen molar-refractivity contribution < 1.29 is 23.5 Å². The third kappa shape index (κ3) is 4.99. The molecular weight excluding hydrogens is 375 g/mol. The molecule has 2 aromatic rings. The van der Waals surface area contributed by atoms with Crippen LogP contribution in [0.1, 0.15) is 47.1 Å². The summed E-state index contributed by atoms with van der Waals surface area (Å²) >= 11 is 0. The van der Waals surface area contributed by atoms with Gasteiger partial charge in [0.25, 0.3) is 11.8 Å². The number of carbonyl (C=O) groups excluding carboxylic acids is 3. The highest BCUT2D eigenvalue weighted by molar-refractivity contribution is 6.21. The molecule has 2 aromatic carbocycles. The number of imide groups is 1. The Morgan fingerprint density at radius 1 is 1.07 bits per heavy atom. The number of amides is 3. The summed E-state index contributed by atoms with van der Waals surface area (Å²) in [6.07, 6.45) is -0.444. The number of hydrogen-bond donors (Lipinski definition) is 1. The number of ether oxygens (including phenoxy) is 1. The average Bonchev–Trinajstić information content (AvgIpc) is 2.85. The number of carbonyl (C=O) groups is 3. The van der Waals surface area contributed by atoms with Crippen LogP contribution in [0.4, 0.5) is 9.18 Å². The molecule has 1 atom stereocenters. The van der Waals surface area contributed by atoms with Crippen molar-refractivity contribution in [1.29, 1.82) is 0 Å². The van der Waals surface area contributed by atoms with Crippen LogP contribution in [-0.2, 0) is 11.2 Å². The first kappa shape index (κ1) is 20.5. The Hall–Kier alpha value is -3.22. The summed E-state index contributed by atoms with van der Waals surface area (Å²) in [6, 6.07) is 11.9. The molecule has 7 heteroatoms. The number of hydrogen-bond acceptors (Lipinski definition) is 4. The monoisotopic (exact) mass is 398 g/mol. The maximum absolute atomic E-state index is 13.6. The zero-order chi connectivity index (χ0) is 21.2. The third-order valence-corrected chi connectivity index (χ3v) is 4.37. The number of fused-ring (bicyclic) bond motifs is 1. The molecule has 0 fully saturated rings. The SMILES string of the molecule is CC(C)(C)OC(=O)N[C@@H](Cc1cccc(F)c1)CN1C(=O)c2ccccc2C1=O. The van der Waals surface area contributed by atoms with E-state index < -0.39 is 35.4 Å². The fourth-order valence-corrected chi connectivity index (χ4v) is 3.21. The summed E-state index contributed by atoms with van der Waals surface area (Å²) in [6.45, 7) is 5.15. The van der Waals surface area contributed by atoms with Crippen LogP contribution >= 0.6 is 0 Å². The molecular formula is C22H23FN2O4.